The summed E-state index contributed by atoms with van der Waals surface area (Å²) in [4.78, 5) is 0. The molecule has 0 rings (SSSR count). The minimum Gasteiger partial charge on any atom is -0.0899 e. The molecule has 0 N–H and O–H groups in total. The van der Waals surface area contributed by atoms with Crippen molar-refractivity contribution in [3.63, 3.8) is 0 Å². The van der Waals surface area contributed by atoms with Gasteiger partial charge in [0.15, 0.2) is 0 Å². The van der Waals surface area contributed by atoms with Gasteiger partial charge in [-0.05, 0) is 25.2 Å². The molecule has 0 aliphatic heterocycles. The Balaban J connectivity index is 4.33. The Bertz CT molecular complexity index is 220. The Kier molecular flexibility index (Phi) is 13.6. The van der Waals surface area contributed by atoms with E-state index in [1.54, 1.807) is 0 Å². The fraction of sp³-hybridized carbons (Fsp3) is 1.00. The Labute approximate surface area is 143 Å². The van der Waals surface area contributed by atoms with Crippen LogP contribution in [0.25, 0.3) is 0 Å². The number of unbranched alkanes of at least 4 members (excludes halogenated alkanes) is 5. The third-order valence-electron chi connectivity index (χ3n) is 3.96. The SMILES string of the molecule is CCCCCCC(CCCCC)[C@H](CC)SSC(C)(C)C. The van der Waals surface area contributed by atoms with Gasteiger partial charge in [0, 0.05) is 10.00 Å². The zero-order chi connectivity index (χ0) is 16.1. The van der Waals surface area contributed by atoms with Crippen LogP contribution >= 0.6 is 21.6 Å². The Morgan fingerprint density at radius 2 is 1.29 bits per heavy atom. The van der Waals surface area contributed by atoms with E-state index in [0.717, 1.165) is 11.2 Å². The fourth-order valence-electron chi connectivity index (χ4n) is 2.69. The highest BCUT2D eigenvalue weighted by molar-refractivity contribution is 8.77. The van der Waals surface area contributed by atoms with Crippen molar-refractivity contribution < 1.29 is 0 Å². The van der Waals surface area contributed by atoms with E-state index in [1.165, 1.54) is 64.2 Å². The molecule has 2 heteroatoms. The lowest BCUT2D eigenvalue weighted by Gasteiger charge is -2.28. The second kappa shape index (κ2) is 13.2. The van der Waals surface area contributed by atoms with Crippen LogP contribution in [-0.2, 0) is 0 Å². The number of hydrogen-bond acceptors (Lipinski definition) is 2. The molecule has 0 aliphatic carbocycles. The van der Waals surface area contributed by atoms with Crippen LogP contribution in [0.5, 0.6) is 0 Å². The maximum absolute atomic E-state index is 2.39. The van der Waals surface area contributed by atoms with Crippen molar-refractivity contribution in [3.8, 4) is 0 Å². The smallest absolute Gasteiger partial charge is 0.0179 e. The molecule has 0 aromatic heterocycles. The molecule has 0 bridgehead atoms. The highest BCUT2D eigenvalue weighted by Gasteiger charge is 2.23. The first kappa shape index (κ1) is 21.7. The number of rotatable bonds is 13. The second-order valence-corrected chi connectivity index (χ2v) is 10.6. The topological polar surface area (TPSA) is 0 Å². The standard InChI is InChI=1S/C19H40S2/c1-7-10-12-14-16-17(15-13-11-8-2)18(9-3)20-21-19(4,5)6/h17-18H,7-16H2,1-6H3/t17?,18-/m0/s1. The maximum atomic E-state index is 2.39. The molecule has 2 atom stereocenters. The average molecular weight is 333 g/mol. The zero-order valence-corrected chi connectivity index (χ0v) is 17.2. The second-order valence-electron chi connectivity index (χ2n) is 7.34. The van der Waals surface area contributed by atoms with Gasteiger partial charge in [0.05, 0.1) is 0 Å². The zero-order valence-electron chi connectivity index (χ0n) is 15.5. The Hall–Kier alpha value is 0.700. The van der Waals surface area contributed by atoms with Gasteiger partial charge in [-0.25, -0.2) is 0 Å². The first-order valence-corrected chi connectivity index (χ1v) is 11.5. The summed E-state index contributed by atoms with van der Waals surface area (Å²) in [5, 5.41) is 0.854. The molecule has 0 heterocycles. The molecule has 0 aliphatic rings. The maximum Gasteiger partial charge on any atom is 0.0179 e. The van der Waals surface area contributed by atoms with Gasteiger partial charge >= 0.3 is 0 Å². The molecule has 0 aromatic rings. The molecule has 0 spiro atoms. The highest BCUT2D eigenvalue weighted by Crippen LogP contribution is 2.43. The van der Waals surface area contributed by atoms with Gasteiger partial charge in [0.2, 0.25) is 0 Å². The van der Waals surface area contributed by atoms with E-state index in [-0.39, 0.29) is 0 Å². The lowest BCUT2D eigenvalue weighted by molar-refractivity contribution is 0.392. The van der Waals surface area contributed by atoms with Crippen molar-refractivity contribution >= 4 is 21.6 Å². The molecule has 0 radical (unpaired) electrons. The summed E-state index contributed by atoms with van der Waals surface area (Å²) in [5.74, 6) is 0.943. The molecule has 0 fully saturated rings. The van der Waals surface area contributed by atoms with Crippen molar-refractivity contribution in [2.24, 2.45) is 5.92 Å². The van der Waals surface area contributed by atoms with Crippen molar-refractivity contribution in [1.29, 1.82) is 0 Å². The van der Waals surface area contributed by atoms with Crippen LogP contribution in [0, 0.1) is 5.92 Å². The first-order valence-electron chi connectivity index (χ1n) is 9.29. The van der Waals surface area contributed by atoms with Crippen molar-refractivity contribution in [1.82, 2.24) is 0 Å². The third kappa shape index (κ3) is 12.9. The van der Waals surface area contributed by atoms with Crippen molar-refractivity contribution in [2.45, 2.75) is 116 Å². The average Bonchev–Trinajstić information content (AvgIpc) is 2.42. The van der Waals surface area contributed by atoms with Gasteiger partial charge < -0.3 is 0 Å². The predicted octanol–water partition coefficient (Wildman–Crippen LogP) is 8.11. The summed E-state index contributed by atoms with van der Waals surface area (Å²) in [7, 11) is 4.27. The van der Waals surface area contributed by atoms with Crippen LogP contribution in [0.1, 0.15) is 106 Å². The monoisotopic (exact) mass is 332 g/mol. The molecule has 128 valence electrons. The fourth-order valence-corrected chi connectivity index (χ4v) is 5.79. The van der Waals surface area contributed by atoms with Gasteiger partial charge in [0.1, 0.15) is 0 Å². The van der Waals surface area contributed by atoms with Crippen LogP contribution in [0.15, 0.2) is 0 Å². The van der Waals surface area contributed by atoms with Crippen molar-refractivity contribution in [3.05, 3.63) is 0 Å². The van der Waals surface area contributed by atoms with Crippen LogP contribution in [-0.4, -0.2) is 10.00 Å². The highest BCUT2D eigenvalue weighted by atomic mass is 33.1. The summed E-state index contributed by atoms with van der Waals surface area (Å²) >= 11 is 0. The quantitative estimate of drug-likeness (QED) is 0.247. The lowest BCUT2D eigenvalue weighted by atomic mass is 9.90. The van der Waals surface area contributed by atoms with Crippen LogP contribution in [0.3, 0.4) is 0 Å². The van der Waals surface area contributed by atoms with Gasteiger partial charge in [-0.1, -0.05) is 108 Å². The van der Waals surface area contributed by atoms with E-state index in [0.29, 0.717) is 4.75 Å². The van der Waals surface area contributed by atoms with E-state index in [9.17, 15) is 0 Å². The minimum atomic E-state index is 0.383. The largest absolute Gasteiger partial charge is 0.0899 e. The van der Waals surface area contributed by atoms with Crippen LogP contribution < -0.4 is 0 Å². The van der Waals surface area contributed by atoms with Crippen LogP contribution in [0.4, 0.5) is 0 Å². The third-order valence-corrected chi connectivity index (χ3v) is 8.05. The molecule has 1 unspecified atom stereocenters. The van der Waals surface area contributed by atoms with E-state index in [4.69, 9.17) is 0 Å². The molecule has 0 saturated carbocycles. The van der Waals surface area contributed by atoms with E-state index in [2.05, 4.69) is 63.1 Å². The summed E-state index contributed by atoms with van der Waals surface area (Å²) in [6.07, 6.45) is 14.1. The summed E-state index contributed by atoms with van der Waals surface area (Å²) in [5.41, 5.74) is 0. The van der Waals surface area contributed by atoms with Gasteiger partial charge in [-0.3, -0.25) is 0 Å². The summed E-state index contributed by atoms with van der Waals surface area (Å²) in [6, 6.07) is 0. The Morgan fingerprint density at radius 3 is 1.76 bits per heavy atom. The molecule has 21 heavy (non-hydrogen) atoms. The molecular weight excluding hydrogens is 292 g/mol. The van der Waals surface area contributed by atoms with Gasteiger partial charge in [-0.15, -0.1) is 0 Å². The van der Waals surface area contributed by atoms with Crippen LogP contribution in [0.2, 0.25) is 0 Å². The molecular formula is C19H40S2. The molecule has 0 aromatic carbocycles. The lowest BCUT2D eigenvalue weighted by Crippen LogP contribution is -2.18. The van der Waals surface area contributed by atoms with E-state index < -0.39 is 0 Å². The van der Waals surface area contributed by atoms with Gasteiger partial charge in [-0.2, -0.15) is 0 Å². The molecule has 0 saturated heterocycles. The van der Waals surface area contributed by atoms with E-state index >= 15 is 0 Å². The predicted molar refractivity (Wildman–Crippen MR) is 105 cm³/mol. The number of hydrogen-bond donors (Lipinski definition) is 0. The normalized spacial score (nSPS) is 15.1. The summed E-state index contributed by atoms with van der Waals surface area (Å²) < 4.78 is 0.383. The minimum absolute atomic E-state index is 0.383. The van der Waals surface area contributed by atoms with E-state index in [1.807, 2.05) is 0 Å². The molecule has 0 nitrogen and oxygen atoms in total. The van der Waals surface area contributed by atoms with Crippen molar-refractivity contribution in [2.75, 3.05) is 0 Å². The Morgan fingerprint density at radius 1 is 0.762 bits per heavy atom. The van der Waals surface area contributed by atoms with Gasteiger partial charge in [0.25, 0.3) is 0 Å². The first-order chi connectivity index (χ1) is 9.94. The summed E-state index contributed by atoms with van der Waals surface area (Å²) in [6.45, 7) is 14.0. The molecule has 0 amide bonds.